The molecule has 0 aliphatic carbocycles. The first kappa shape index (κ1) is 14.1. The Kier molecular flexibility index (Phi) is 4.65. The van der Waals surface area contributed by atoms with Crippen LogP contribution in [0, 0.1) is 12.7 Å². The first-order valence-corrected chi connectivity index (χ1v) is 7.20. The van der Waals surface area contributed by atoms with Gasteiger partial charge in [-0.3, -0.25) is 0 Å². The van der Waals surface area contributed by atoms with Gasteiger partial charge in [-0.25, -0.2) is 12.8 Å². The number of benzene rings is 1. The molecule has 96 valence electrons. The molecule has 0 amide bonds. The van der Waals surface area contributed by atoms with E-state index in [0.717, 1.165) is 0 Å². The monoisotopic (exact) mass is 259 g/mol. The predicted octanol–water partition coefficient (Wildman–Crippen LogP) is 1.91. The SMILES string of the molecule is Cc1cc(F)ccc1S(=O)(=O)CCNC(C)C. The summed E-state index contributed by atoms with van der Waals surface area (Å²) in [5, 5.41) is 3.05. The van der Waals surface area contributed by atoms with Crippen LogP contribution in [0.25, 0.3) is 0 Å². The molecule has 0 radical (unpaired) electrons. The van der Waals surface area contributed by atoms with Crippen molar-refractivity contribution in [2.75, 3.05) is 12.3 Å². The van der Waals surface area contributed by atoms with Crippen LogP contribution in [-0.2, 0) is 9.84 Å². The van der Waals surface area contributed by atoms with Crippen LogP contribution in [0.1, 0.15) is 19.4 Å². The Labute approximate surface area is 102 Å². The van der Waals surface area contributed by atoms with Gasteiger partial charge in [0.2, 0.25) is 0 Å². The van der Waals surface area contributed by atoms with E-state index >= 15 is 0 Å². The topological polar surface area (TPSA) is 46.2 Å². The molecule has 0 aliphatic heterocycles. The van der Waals surface area contributed by atoms with E-state index < -0.39 is 15.7 Å². The number of aryl methyl sites for hydroxylation is 1. The maximum atomic E-state index is 12.9. The first-order valence-electron chi connectivity index (χ1n) is 5.55. The van der Waals surface area contributed by atoms with Gasteiger partial charge in [0, 0.05) is 12.6 Å². The quantitative estimate of drug-likeness (QED) is 0.822. The number of halogens is 1. The minimum Gasteiger partial charge on any atom is -0.314 e. The van der Waals surface area contributed by atoms with E-state index in [-0.39, 0.29) is 16.7 Å². The van der Waals surface area contributed by atoms with E-state index in [4.69, 9.17) is 0 Å². The fourth-order valence-corrected chi connectivity index (χ4v) is 2.99. The van der Waals surface area contributed by atoms with E-state index in [9.17, 15) is 12.8 Å². The zero-order chi connectivity index (χ0) is 13.1. The van der Waals surface area contributed by atoms with Gasteiger partial charge < -0.3 is 5.32 Å². The molecule has 1 N–H and O–H groups in total. The van der Waals surface area contributed by atoms with Crippen LogP contribution in [0.2, 0.25) is 0 Å². The maximum Gasteiger partial charge on any atom is 0.179 e. The molecule has 1 aromatic rings. The van der Waals surface area contributed by atoms with E-state index in [2.05, 4.69) is 5.32 Å². The zero-order valence-corrected chi connectivity index (χ0v) is 11.1. The second-order valence-corrected chi connectivity index (χ2v) is 6.42. The molecule has 0 fully saturated rings. The summed E-state index contributed by atoms with van der Waals surface area (Å²) in [7, 11) is -3.33. The van der Waals surface area contributed by atoms with Gasteiger partial charge in [-0.1, -0.05) is 13.8 Å². The van der Waals surface area contributed by atoms with E-state index in [0.29, 0.717) is 12.1 Å². The second-order valence-electron chi connectivity index (χ2n) is 4.34. The summed E-state index contributed by atoms with van der Waals surface area (Å²) in [5.74, 6) is -0.390. The molecule has 0 aromatic heterocycles. The minimum absolute atomic E-state index is 0.0254. The Bertz CT molecular complexity index is 483. The zero-order valence-electron chi connectivity index (χ0n) is 10.3. The van der Waals surface area contributed by atoms with Gasteiger partial charge in [0.15, 0.2) is 9.84 Å². The van der Waals surface area contributed by atoms with Crippen molar-refractivity contribution in [3.63, 3.8) is 0 Å². The summed E-state index contributed by atoms with van der Waals surface area (Å²) in [6.07, 6.45) is 0. The number of hydrogen-bond donors (Lipinski definition) is 1. The highest BCUT2D eigenvalue weighted by Gasteiger charge is 2.16. The molecule has 5 heteroatoms. The number of nitrogens with one attached hydrogen (secondary N) is 1. The van der Waals surface area contributed by atoms with Crippen molar-refractivity contribution in [3.8, 4) is 0 Å². The summed E-state index contributed by atoms with van der Waals surface area (Å²) in [5.41, 5.74) is 0.453. The Morgan fingerprint density at radius 2 is 2.00 bits per heavy atom. The first-order chi connectivity index (χ1) is 7.83. The Morgan fingerprint density at radius 3 is 2.53 bits per heavy atom. The summed E-state index contributed by atoms with van der Waals surface area (Å²) >= 11 is 0. The molecule has 0 unspecified atom stereocenters. The highest BCUT2D eigenvalue weighted by molar-refractivity contribution is 7.91. The Balaban J connectivity index is 2.83. The van der Waals surface area contributed by atoms with Crippen molar-refractivity contribution in [3.05, 3.63) is 29.6 Å². The predicted molar refractivity (Wildman–Crippen MR) is 66.3 cm³/mol. The molecular formula is C12H18FNO2S. The van der Waals surface area contributed by atoms with Gasteiger partial charge in [-0.05, 0) is 30.7 Å². The van der Waals surface area contributed by atoms with Crippen molar-refractivity contribution in [1.82, 2.24) is 5.32 Å². The number of hydrogen-bond acceptors (Lipinski definition) is 3. The fraction of sp³-hybridized carbons (Fsp3) is 0.500. The van der Waals surface area contributed by atoms with Crippen LogP contribution < -0.4 is 5.32 Å². The van der Waals surface area contributed by atoms with E-state index in [1.54, 1.807) is 6.92 Å². The molecule has 0 spiro atoms. The van der Waals surface area contributed by atoms with Crippen LogP contribution in [0.3, 0.4) is 0 Å². The summed E-state index contributed by atoms with van der Waals surface area (Å²) in [4.78, 5) is 0.212. The lowest BCUT2D eigenvalue weighted by atomic mass is 10.2. The van der Waals surface area contributed by atoms with Crippen molar-refractivity contribution in [2.24, 2.45) is 0 Å². The fourth-order valence-electron chi connectivity index (χ4n) is 1.55. The molecule has 0 bridgehead atoms. The third-order valence-electron chi connectivity index (χ3n) is 2.40. The smallest absolute Gasteiger partial charge is 0.179 e. The van der Waals surface area contributed by atoms with Crippen LogP contribution in [0.4, 0.5) is 4.39 Å². The normalized spacial score (nSPS) is 12.1. The van der Waals surface area contributed by atoms with Crippen LogP contribution in [0.15, 0.2) is 23.1 Å². The van der Waals surface area contributed by atoms with Crippen molar-refractivity contribution in [1.29, 1.82) is 0 Å². The van der Waals surface area contributed by atoms with Crippen molar-refractivity contribution in [2.45, 2.75) is 31.7 Å². The van der Waals surface area contributed by atoms with Gasteiger partial charge in [0.05, 0.1) is 10.6 Å². The number of sulfone groups is 1. The van der Waals surface area contributed by atoms with Gasteiger partial charge >= 0.3 is 0 Å². The summed E-state index contributed by atoms with van der Waals surface area (Å²) in [6.45, 7) is 5.91. The van der Waals surface area contributed by atoms with Crippen molar-refractivity contribution < 1.29 is 12.8 Å². The van der Waals surface area contributed by atoms with E-state index in [1.165, 1.54) is 18.2 Å². The summed E-state index contributed by atoms with van der Waals surface area (Å²) < 4.78 is 36.9. The van der Waals surface area contributed by atoms with Crippen LogP contribution in [0.5, 0.6) is 0 Å². The summed E-state index contributed by atoms with van der Waals surface area (Å²) in [6, 6.07) is 3.99. The lowest BCUT2D eigenvalue weighted by molar-refractivity contribution is 0.577. The molecule has 0 aliphatic rings. The highest BCUT2D eigenvalue weighted by Crippen LogP contribution is 2.17. The third-order valence-corrected chi connectivity index (χ3v) is 4.27. The lowest BCUT2D eigenvalue weighted by Crippen LogP contribution is -2.28. The number of rotatable bonds is 5. The average Bonchev–Trinajstić information content (AvgIpc) is 2.15. The standard InChI is InChI=1S/C12H18FNO2S/c1-9(2)14-6-7-17(15,16)12-5-4-11(13)8-10(12)3/h4-5,8-9,14H,6-7H2,1-3H3. The van der Waals surface area contributed by atoms with E-state index in [1.807, 2.05) is 13.8 Å². The maximum absolute atomic E-state index is 12.9. The molecular weight excluding hydrogens is 241 g/mol. The van der Waals surface area contributed by atoms with Crippen LogP contribution in [-0.4, -0.2) is 26.8 Å². The molecule has 0 atom stereocenters. The van der Waals surface area contributed by atoms with Gasteiger partial charge in [-0.2, -0.15) is 0 Å². The average molecular weight is 259 g/mol. The van der Waals surface area contributed by atoms with Gasteiger partial charge in [-0.15, -0.1) is 0 Å². The molecule has 1 rings (SSSR count). The lowest BCUT2D eigenvalue weighted by Gasteiger charge is -2.10. The molecule has 17 heavy (non-hydrogen) atoms. The van der Waals surface area contributed by atoms with Gasteiger partial charge in [0.25, 0.3) is 0 Å². The van der Waals surface area contributed by atoms with Gasteiger partial charge in [0.1, 0.15) is 5.82 Å². The molecule has 0 heterocycles. The Morgan fingerprint density at radius 1 is 1.35 bits per heavy atom. The largest absolute Gasteiger partial charge is 0.314 e. The molecule has 0 saturated carbocycles. The molecule has 3 nitrogen and oxygen atoms in total. The minimum atomic E-state index is -3.33. The second kappa shape index (κ2) is 5.60. The highest BCUT2D eigenvalue weighted by atomic mass is 32.2. The third kappa shape index (κ3) is 4.09. The van der Waals surface area contributed by atoms with Crippen molar-refractivity contribution >= 4 is 9.84 Å². The van der Waals surface area contributed by atoms with Crippen LogP contribution >= 0.6 is 0 Å². The Hall–Kier alpha value is -0.940. The molecule has 0 saturated heterocycles. The molecule has 1 aromatic carbocycles.